The largest absolute Gasteiger partial charge is 0.496 e. The molecule has 1 aromatic rings. The highest BCUT2D eigenvalue weighted by molar-refractivity contribution is 5.36. The highest BCUT2D eigenvalue weighted by Crippen LogP contribution is 2.32. The van der Waals surface area contributed by atoms with Crippen LogP contribution in [0.2, 0.25) is 0 Å². The molecule has 1 heterocycles. The fraction of sp³-hybridized carbons (Fsp3) is 0.538. The minimum Gasteiger partial charge on any atom is -0.496 e. The van der Waals surface area contributed by atoms with Crippen LogP contribution in [0.1, 0.15) is 31.4 Å². The lowest BCUT2D eigenvalue weighted by atomic mass is 9.90. The Morgan fingerprint density at radius 2 is 2.13 bits per heavy atom. The first kappa shape index (κ1) is 10.5. The molecule has 1 aliphatic rings. The van der Waals surface area contributed by atoms with E-state index in [4.69, 9.17) is 4.74 Å². The molecule has 82 valence electrons. The van der Waals surface area contributed by atoms with Gasteiger partial charge in [0.1, 0.15) is 5.75 Å². The van der Waals surface area contributed by atoms with E-state index in [1.54, 1.807) is 7.11 Å². The summed E-state index contributed by atoms with van der Waals surface area (Å²) in [6.07, 6.45) is 2.49. The molecule has 1 aromatic carbocycles. The molecule has 0 saturated carbocycles. The molecule has 2 atom stereocenters. The van der Waals surface area contributed by atoms with E-state index >= 15 is 0 Å². The van der Waals surface area contributed by atoms with E-state index in [2.05, 4.69) is 24.4 Å². The van der Waals surface area contributed by atoms with Crippen molar-refractivity contribution >= 4 is 0 Å². The Morgan fingerprint density at radius 1 is 1.33 bits per heavy atom. The summed E-state index contributed by atoms with van der Waals surface area (Å²) in [6, 6.07) is 8.77. The lowest BCUT2D eigenvalue weighted by Crippen LogP contribution is -2.30. The van der Waals surface area contributed by atoms with Gasteiger partial charge in [-0.05, 0) is 31.4 Å². The summed E-state index contributed by atoms with van der Waals surface area (Å²) < 4.78 is 5.39. The minimum atomic E-state index is 0.463. The Balaban J connectivity index is 2.20. The first-order chi connectivity index (χ1) is 7.31. The van der Waals surface area contributed by atoms with Crippen LogP contribution in [0, 0.1) is 5.92 Å². The maximum atomic E-state index is 5.39. The highest BCUT2D eigenvalue weighted by atomic mass is 16.5. The van der Waals surface area contributed by atoms with Crippen molar-refractivity contribution in [2.75, 3.05) is 13.7 Å². The van der Waals surface area contributed by atoms with Crippen LogP contribution >= 0.6 is 0 Å². The summed E-state index contributed by atoms with van der Waals surface area (Å²) in [4.78, 5) is 0. The normalized spacial score (nSPS) is 26.3. The number of hydrogen-bond donors (Lipinski definition) is 1. The van der Waals surface area contributed by atoms with Gasteiger partial charge in [0.05, 0.1) is 7.11 Å². The van der Waals surface area contributed by atoms with Crippen molar-refractivity contribution in [3.63, 3.8) is 0 Å². The van der Waals surface area contributed by atoms with Crippen molar-refractivity contribution in [1.82, 2.24) is 5.32 Å². The van der Waals surface area contributed by atoms with Crippen LogP contribution < -0.4 is 10.1 Å². The average Bonchev–Trinajstić information content (AvgIpc) is 2.29. The topological polar surface area (TPSA) is 21.3 Å². The van der Waals surface area contributed by atoms with Gasteiger partial charge in [0.2, 0.25) is 0 Å². The van der Waals surface area contributed by atoms with E-state index in [-0.39, 0.29) is 0 Å². The van der Waals surface area contributed by atoms with Gasteiger partial charge in [0.15, 0.2) is 0 Å². The van der Waals surface area contributed by atoms with Crippen LogP contribution in [-0.4, -0.2) is 13.7 Å². The molecule has 0 bridgehead atoms. The quantitative estimate of drug-likeness (QED) is 0.801. The summed E-state index contributed by atoms with van der Waals surface area (Å²) >= 11 is 0. The molecule has 2 rings (SSSR count). The molecule has 2 nitrogen and oxygen atoms in total. The second kappa shape index (κ2) is 4.67. The Hall–Kier alpha value is -1.02. The standard InChI is InChI=1S/C13H19NO/c1-10-7-8-14-12(9-10)11-5-3-4-6-13(11)15-2/h3-6,10,12,14H,7-9H2,1-2H3/t10-,12+/m0/s1. The van der Waals surface area contributed by atoms with Gasteiger partial charge in [0, 0.05) is 11.6 Å². The lowest BCUT2D eigenvalue weighted by molar-refractivity contribution is 0.315. The van der Waals surface area contributed by atoms with E-state index in [9.17, 15) is 0 Å². The fourth-order valence-electron chi connectivity index (χ4n) is 2.30. The van der Waals surface area contributed by atoms with Crippen molar-refractivity contribution in [2.45, 2.75) is 25.8 Å². The lowest BCUT2D eigenvalue weighted by Gasteiger charge is -2.29. The van der Waals surface area contributed by atoms with Crippen LogP contribution in [-0.2, 0) is 0 Å². The van der Waals surface area contributed by atoms with Crippen LogP contribution in [0.5, 0.6) is 5.75 Å². The number of para-hydroxylation sites is 1. The minimum absolute atomic E-state index is 0.463. The zero-order chi connectivity index (χ0) is 10.7. The predicted molar refractivity (Wildman–Crippen MR) is 62.1 cm³/mol. The first-order valence-corrected chi connectivity index (χ1v) is 5.67. The van der Waals surface area contributed by atoms with Crippen molar-refractivity contribution < 1.29 is 4.74 Å². The van der Waals surface area contributed by atoms with Crippen LogP contribution in [0.25, 0.3) is 0 Å². The summed E-state index contributed by atoms with van der Waals surface area (Å²) in [7, 11) is 1.74. The van der Waals surface area contributed by atoms with Crippen molar-refractivity contribution in [2.24, 2.45) is 5.92 Å². The van der Waals surface area contributed by atoms with E-state index in [0.717, 1.165) is 18.2 Å². The number of benzene rings is 1. The van der Waals surface area contributed by atoms with E-state index < -0.39 is 0 Å². The van der Waals surface area contributed by atoms with Gasteiger partial charge in [-0.1, -0.05) is 25.1 Å². The molecule has 0 unspecified atom stereocenters. The maximum absolute atomic E-state index is 5.39. The fourth-order valence-corrected chi connectivity index (χ4v) is 2.30. The third-order valence-corrected chi connectivity index (χ3v) is 3.18. The third kappa shape index (κ3) is 2.32. The summed E-state index contributed by atoms with van der Waals surface area (Å²) in [5, 5.41) is 3.56. The Labute approximate surface area is 91.6 Å². The van der Waals surface area contributed by atoms with E-state index in [1.165, 1.54) is 18.4 Å². The molecule has 1 saturated heterocycles. The van der Waals surface area contributed by atoms with Gasteiger partial charge in [-0.2, -0.15) is 0 Å². The van der Waals surface area contributed by atoms with Gasteiger partial charge in [-0.15, -0.1) is 0 Å². The number of rotatable bonds is 2. The SMILES string of the molecule is COc1ccccc1[C@H]1C[C@@H](C)CCN1. The average molecular weight is 205 g/mol. The monoisotopic (exact) mass is 205 g/mol. The Kier molecular flexibility index (Phi) is 3.27. The zero-order valence-electron chi connectivity index (χ0n) is 9.49. The van der Waals surface area contributed by atoms with Gasteiger partial charge in [0.25, 0.3) is 0 Å². The number of hydrogen-bond acceptors (Lipinski definition) is 2. The predicted octanol–water partition coefficient (Wildman–Crippen LogP) is 2.76. The van der Waals surface area contributed by atoms with Gasteiger partial charge in [-0.3, -0.25) is 0 Å². The third-order valence-electron chi connectivity index (χ3n) is 3.18. The van der Waals surface area contributed by atoms with Crippen molar-refractivity contribution in [3.05, 3.63) is 29.8 Å². The molecular weight excluding hydrogens is 186 g/mol. The molecule has 0 radical (unpaired) electrons. The summed E-state index contributed by atoms with van der Waals surface area (Å²) in [6.45, 7) is 3.44. The summed E-state index contributed by atoms with van der Waals surface area (Å²) in [5.74, 6) is 1.81. The molecular formula is C13H19NO. The number of nitrogens with one attached hydrogen (secondary N) is 1. The zero-order valence-corrected chi connectivity index (χ0v) is 9.49. The smallest absolute Gasteiger partial charge is 0.123 e. The molecule has 15 heavy (non-hydrogen) atoms. The number of ether oxygens (including phenoxy) is 1. The van der Waals surface area contributed by atoms with Crippen LogP contribution in [0.4, 0.5) is 0 Å². The molecule has 0 aromatic heterocycles. The second-order valence-electron chi connectivity index (χ2n) is 4.38. The molecule has 2 heteroatoms. The maximum Gasteiger partial charge on any atom is 0.123 e. The van der Waals surface area contributed by atoms with Gasteiger partial charge < -0.3 is 10.1 Å². The number of methoxy groups -OCH3 is 1. The van der Waals surface area contributed by atoms with Crippen LogP contribution in [0.15, 0.2) is 24.3 Å². The molecule has 0 amide bonds. The van der Waals surface area contributed by atoms with Crippen LogP contribution in [0.3, 0.4) is 0 Å². The van der Waals surface area contributed by atoms with Crippen molar-refractivity contribution in [3.8, 4) is 5.75 Å². The Morgan fingerprint density at radius 3 is 2.87 bits per heavy atom. The van der Waals surface area contributed by atoms with E-state index in [1.807, 2.05) is 12.1 Å². The van der Waals surface area contributed by atoms with Gasteiger partial charge in [-0.25, -0.2) is 0 Å². The summed E-state index contributed by atoms with van der Waals surface area (Å²) in [5.41, 5.74) is 1.30. The van der Waals surface area contributed by atoms with E-state index in [0.29, 0.717) is 6.04 Å². The van der Waals surface area contributed by atoms with Gasteiger partial charge >= 0.3 is 0 Å². The second-order valence-corrected chi connectivity index (χ2v) is 4.38. The first-order valence-electron chi connectivity index (χ1n) is 5.67. The number of piperidine rings is 1. The molecule has 1 N–H and O–H groups in total. The highest BCUT2D eigenvalue weighted by Gasteiger charge is 2.21. The molecule has 1 fully saturated rings. The Bertz CT molecular complexity index is 324. The molecule has 0 spiro atoms. The van der Waals surface area contributed by atoms with Crippen molar-refractivity contribution in [1.29, 1.82) is 0 Å². The molecule has 1 aliphatic heterocycles. The molecule has 0 aliphatic carbocycles.